The van der Waals surface area contributed by atoms with Gasteiger partial charge in [0.05, 0.1) is 6.33 Å². The number of hydrogen-bond donors (Lipinski definition) is 2. The van der Waals surface area contributed by atoms with E-state index in [0.717, 1.165) is 42.8 Å². The fourth-order valence-corrected chi connectivity index (χ4v) is 2.88. The number of piperidine rings is 1. The Kier molecular flexibility index (Phi) is 4.74. The quantitative estimate of drug-likeness (QED) is 0.837. The molecule has 0 aromatic carbocycles. The van der Waals surface area contributed by atoms with Crippen LogP contribution >= 0.6 is 0 Å². The Morgan fingerprint density at radius 2 is 2.00 bits per heavy atom. The number of allylic oxidation sites excluding steroid dienone is 1. The Morgan fingerprint density at radius 1 is 1.28 bits per heavy atom. The monoisotopic (exact) mass is 342 g/mol. The van der Waals surface area contributed by atoms with Crippen LogP contribution in [0.1, 0.15) is 40.5 Å². The predicted molar refractivity (Wildman–Crippen MR) is 98.3 cm³/mol. The molecule has 3 heterocycles. The van der Waals surface area contributed by atoms with Gasteiger partial charge >= 0.3 is 0 Å². The number of amides is 1. The third-order valence-electron chi connectivity index (χ3n) is 4.87. The second-order valence-electron chi connectivity index (χ2n) is 7.65. The number of nitrogens with one attached hydrogen (secondary N) is 2. The summed E-state index contributed by atoms with van der Waals surface area (Å²) < 4.78 is 0. The molecule has 0 aliphatic carbocycles. The molecule has 0 bridgehead atoms. The number of hydrogen-bond acceptors (Lipinski definition) is 5. The van der Waals surface area contributed by atoms with Crippen LogP contribution in [-0.4, -0.2) is 45.0 Å². The molecule has 1 aliphatic heterocycles. The average molecular weight is 342 g/mol. The summed E-state index contributed by atoms with van der Waals surface area (Å²) in [6, 6.07) is 0.201. The summed E-state index contributed by atoms with van der Waals surface area (Å²) in [5, 5.41) is 3.13. The van der Waals surface area contributed by atoms with Crippen molar-refractivity contribution in [2.45, 2.75) is 46.6 Å². The largest absolute Gasteiger partial charge is 0.355 e. The van der Waals surface area contributed by atoms with Gasteiger partial charge in [-0.05, 0) is 25.2 Å². The zero-order valence-corrected chi connectivity index (χ0v) is 15.3. The Balaban J connectivity index is 1.59. The van der Waals surface area contributed by atoms with Gasteiger partial charge in [-0.2, -0.15) is 0 Å². The molecule has 1 amide bonds. The van der Waals surface area contributed by atoms with Crippen LogP contribution in [0.3, 0.4) is 0 Å². The normalized spacial score (nSPS) is 17.1. The zero-order valence-electron chi connectivity index (χ0n) is 15.3. The van der Waals surface area contributed by atoms with E-state index in [1.165, 1.54) is 0 Å². The molecule has 0 atom stereocenters. The van der Waals surface area contributed by atoms with Gasteiger partial charge in [0.2, 0.25) is 5.91 Å². The average Bonchev–Trinajstić information content (AvgIpc) is 3.03. The molecule has 0 saturated carbocycles. The zero-order chi connectivity index (χ0) is 18.0. The third kappa shape index (κ3) is 3.97. The van der Waals surface area contributed by atoms with Gasteiger partial charge in [-0.15, -0.1) is 0 Å². The van der Waals surface area contributed by atoms with Gasteiger partial charge in [0, 0.05) is 25.2 Å². The molecule has 0 spiro atoms. The van der Waals surface area contributed by atoms with Gasteiger partial charge in [0.25, 0.3) is 0 Å². The Morgan fingerprint density at radius 3 is 2.68 bits per heavy atom. The number of anilines is 1. The molecule has 3 rings (SSSR count). The molecular formula is C18H26N6O. The molecule has 2 aromatic rings. The molecular weight excluding hydrogens is 316 g/mol. The van der Waals surface area contributed by atoms with Crippen LogP contribution in [0.5, 0.6) is 0 Å². The van der Waals surface area contributed by atoms with E-state index >= 15 is 0 Å². The van der Waals surface area contributed by atoms with Crippen molar-refractivity contribution in [2.75, 3.05) is 18.0 Å². The number of fused-ring (bicyclic) bond motifs is 1. The third-order valence-corrected chi connectivity index (χ3v) is 4.87. The maximum Gasteiger partial charge on any atom is 0.244 e. The van der Waals surface area contributed by atoms with Crippen molar-refractivity contribution in [1.29, 1.82) is 0 Å². The van der Waals surface area contributed by atoms with Crippen LogP contribution in [0.2, 0.25) is 0 Å². The molecule has 2 N–H and O–H groups in total. The summed E-state index contributed by atoms with van der Waals surface area (Å²) in [5.74, 6) is 0.889. The lowest BCUT2D eigenvalue weighted by atomic mass is 9.87. The van der Waals surface area contributed by atoms with Gasteiger partial charge in [0.1, 0.15) is 11.8 Å². The van der Waals surface area contributed by atoms with E-state index in [0.29, 0.717) is 5.65 Å². The van der Waals surface area contributed by atoms with E-state index < -0.39 is 0 Å². The maximum absolute atomic E-state index is 12.2. The van der Waals surface area contributed by atoms with Crippen molar-refractivity contribution in [3.05, 3.63) is 24.3 Å². The molecule has 134 valence electrons. The number of nitrogens with zero attached hydrogens (tertiary/aromatic N) is 4. The molecule has 7 nitrogen and oxygen atoms in total. The van der Waals surface area contributed by atoms with Gasteiger partial charge in [0.15, 0.2) is 11.5 Å². The molecule has 0 radical (unpaired) electrons. The molecule has 1 aliphatic rings. The fourth-order valence-electron chi connectivity index (χ4n) is 2.88. The first-order valence-electron chi connectivity index (χ1n) is 8.73. The second kappa shape index (κ2) is 6.82. The van der Waals surface area contributed by atoms with Crippen LogP contribution < -0.4 is 10.2 Å². The maximum atomic E-state index is 12.2. The summed E-state index contributed by atoms with van der Waals surface area (Å²) in [6.07, 6.45) is 6.71. The standard InChI is InChI=1S/C18H26N6O/c1-12(18(2,3)4)9-14(25)23-13-5-7-24(8-6-13)17-15-16(20-10-19-15)21-11-22-17/h9-11,13H,5-8H2,1-4H3,(H,23,25)(H,19,20,21,22). The minimum absolute atomic E-state index is 0.00358. The highest BCUT2D eigenvalue weighted by Gasteiger charge is 2.23. The van der Waals surface area contributed by atoms with Crippen molar-refractivity contribution < 1.29 is 4.79 Å². The number of imidazole rings is 1. The molecule has 25 heavy (non-hydrogen) atoms. The number of rotatable bonds is 3. The number of carbonyl (C=O) groups excluding carboxylic acids is 1. The second-order valence-corrected chi connectivity index (χ2v) is 7.65. The predicted octanol–water partition coefficient (Wildman–Crippen LogP) is 2.43. The minimum atomic E-state index is 0.00358. The Bertz CT molecular complexity index is 780. The van der Waals surface area contributed by atoms with Crippen molar-refractivity contribution >= 4 is 22.9 Å². The highest BCUT2D eigenvalue weighted by Crippen LogP contribution is 2.25. The molecule has 1 saturated heterocycles. The number of H-pyrrole nitrogens is 1. The van der Waals surface area contributed by atoms with Crippen molar-refractivity contribution in [3.63, 3.8) is 0 Å². The van der Waals surface area contributed by atoms with Crippen LogP contribution in [0.4, 0.5) is 5.82 Å². The van der Waals surface area contributed by atoms with Crippen LogP contribution in [0.15, 0.2) is 24.3 Å². The number of aromatic nitrogens is 4. The highest BCUT2D eigenvalue weighted by atomic mass is 16.1. The van der Waals surface area contributed by atoms with Gasteiger partial charge in [-0.3, -0.25) is 4.79 Å². The molecule has 7 heteroatoms. The Labute approximate surface area is 148 Å². The van der Waals surface area contributed by atoms with E-state index in [4.69, 9.17) is 0 Å². The lowest BCUT2D eigenvalue weighted by molar-refractivity contribution is -0.117. The first kappa shape index (κ1) is 17.4. The van der Waals surface area contributed by atoms with Gasteiger partial charge < -0.3 is 15.2 Å². The molecule has 2 aromatic heterocycles. The van der Waals surface area contributed by atoms with Crippen molar-refractivity contribution in [3.8, 4) is 0 Å². The van der Waals surface area contributed by atoms with E-state index in [1.807, 2.05) is 6.92 Å². The fraction of sp³-hybridized carbons (Fsp3) is 0.556. The van der Waals surface area contributed by atoms with Crippen LogP contribution in [0.25, 0.3) is 11.2 Å². The van der Waals surface area contributed by atoms with E-state index in [-0.39, 0.29) is 17.4 Å². The topological polar surface area (TPSA) is 86.8 Å². The number of aromatic amines is 1. The summed E-state index contributed by atoms with van der Waals surface area (Å²) in [4.78, 5) is 30.3. The summed E-state index contributed by atoms with van der Waals surface area (Å²) in [6.45, 7) is 10.0. The van der Waals surface area contributed by atoms with Gasteiger partial charge in [-0.25, -0.2) is 15.0 Å². The Hall–Kier alpha value is -2.44. The first-order chi connectivity index (χ1) is 11.8. The van der Waals surface area contributed by atoms with Crippen LogP contribution in [0, 0.1) is 5.41 Å². The van der Waals surface area contributed by atoms with Crippen LogP contribution in [-0.2, 0) is 4.79 Å². The van der Waals surface area contributed by atoms with Gasteiger partial charge in [-0.1, -0.05) is 26.3 Å². The SMILES string of the molecule is CC(=CC(=O)NC1CCN(c2ncnc3nc[nH]c23)CC1)C(C)(C)C. The number of carbonyl (C=O) groups is 1. The smallest absolute Gasteiger partial charge is 0.244 e. The van der Waals surface area contributed by atoms with E-state index in [1.54, 1.807) is 18.7 Å². The molecule has 1 fully saturated rings. The van der Waals surface area contributed by atoms with Crippen molar-refractivity contribution in [1.82, 2.24) is 25.3 Å². The highest BCUT2D eigenvalue weighted by molar-refractivity contribution is 5.88. The van der Waals surface area contributed by atoms with E-state index in [2.05, 4.69) is 50.9 Å². The summed E-state index contributed by atoms with van der Waals surface area (Å²) in [5.41, 5.74) is 2.66. The van der Waals surface area contributed by atoms with E-state index in [9.17, 15) is 4.79 Å². The first-order valence-corrected chi connectivity index (χ1v) is 8.73. The minimum Gasteiger partial charge on any atom is -0.355 e. The lowest BCUT2D eigenvalue weighted by Gasteiger charge is -2.33. The van der Waals surface area contributed by atoms with Crippen molar-refractivity contribution in [2.24, 2.45) is 5.41 Å². The molecule has 0 unspecified atom stereocenters. The lowest BCUT2D eigenvalue weighted by Crippen LogP contribution is -2.44. The summed E-state index contributed by atoms with van der Waals surface area (Å²) in [7, 11) is 0. The summed E-state index contributed by atoms with van der Waals surface area (Å²) >= 11 is 0.